The van der Waals surface area contributed by atoms with Crippen LogP contribution in [0, 0.1) is 6.92 Å². The number of hydrogen-bond donors (Lipinski definition) is 1. The van der Waals surface area contributed by atoms with Gasteiger partial charge in [0.25, 0.3) is 0 Å². The molecule has 0 aromatic heterocycles. The standard InChI is InChI=1S/C13H21N3S/c1-10-6-7-11(12(8-10)17-5)9-15-13(14-2)16(3)4/h6-8H,9H2,1-5H3,(H,14,15). The zero-order valence-electron chi connectivity index (χ0n) is 11.2. The molecule has 0 fully saturated rings. The maximum Gasteiger partial charge on any atom is 0.193 e. The molecular weight excluding hydrogens is 230 g/mol. The molecule has 0 aliphatic carbocycles. The first-order valence-electron chi connectivity index (χ1n) is 5.60. The van der Waals surface area contributed by atoms with Crippen LogP contribution in [0.2, 0.25) is 0 Å². The second-order valence-electron chi connectivity index (χ2n) is 4.11. The van der Waals surface area contributed by atoms with Crippen molar-refractivity contribution in [3.63, 3.8) is 0 Å². The molecule has 17 heavy (non-hydrogen) atoms. The quantitative estimate of drug-likeness (QED) is 0.508. The molecule has 0 saturated carbocycles. The Labute approximate surface area is 108 Å². The van der Waals surface area contributed by atoms with E-state index in [1.807, 2.05) is 19.0 Å². The lowest BCUT2D eigenvalue weighted by Crippen LogP contribution is -2.35. The van der Waals surface area contributed by atoms with E-state index in [0.717, 1.165) is 12.5 Å². The fourth-order valence-corrected chi connectivity index (χ4v) is 2.32. The minimum atomic E-state index is 0.807. The predicted molar refractivity (Wildman–Crippen MR) is 76.8 cm³/mol. The maximum absolute atomic E-state index is 4.20. The first-order valence-corrected chi connectivity index (χ1v) is 6.82. The van der Waals surface area contributed by atoms with Gasteiger partial charge in [-0.3, -0.25) is 4.99 Å². The smallest absolute Gasteiger partial charge is 0.193 e. The molecule has 1 aromatic rings. The van der Waals surface area contributed by atoms with Gasteiger partial charge in [0.1, 0.15) is 0 Å². The first kappa shape index (κ1) is 13.9. The van der Waals surface area contributed by atoms with Crippen molar-refractivity contribution in [3.05, 3.63) is 29.3 Å². The molecule has 0 bridgehead atoms. The van der Waals surface area contributed by atoms with E-state index in [1.165, 1.54) is 16.0 Å². The van der Waals surface area contributed by atoms with E-state index in [0.29, 0.717) is 0 Å². The zero-order chi connectivity index (χ0) is 12.8. The zero-order valence-corrected chi connectivity index (χ0v) is 12.1. The Kier molecular flexibility index (Phi) is 5.35. The molecule has 0 radical (unpaired) electrons. The Morgan fingerprint density at radius 3 is 2.65 bits per heavy atom. The highest BCUT2D eigenvalue weighted by Crippen LogP contribution is 2.21. The van der Waals surface area contributed by atoms with Crippen LogP contribution >= 0.6 is 11.8 Å². The highest BCUT2D eigenvalue weighted by Gasteiger charge is 2.04. The molecule has 1 N–H and O–H groups in total. The lowest BCUT2D eigenvalue weighted by atomic mass is 10.1. The monoisotopic (exact) mass is 251 g/mol. The highest BCUT2D eigenvalue weighted by molar-refractivity contribution is 7.98. The number of aliphatic imine (C=N–C) groups is 1. The number of nitrogens with one attached hydrogen (secondary N) is 1. The average Bonchev–Trinajstić information content (AvgIpc) is 2.31. The van der Waals surface area contributed by atoms with Gasteiger partial charge in [-0.05, 0) is 30.4 Å². The van der Waals surface area contributed by atoms with Gasteiger partial charge in [-0.25, -0.2) is 0 Å². The third-order valence-electron chi connectivity index (χ3n) is 2.51. The summed E-state index contributed by atoms with van der Waals surface area (Å²) in [4.78, 5) is 7.51. The van der Waals surface area contributed by atoms with Gasteiger partial charge in [-0.1, -0.05) is 12.1 Å². The Morgan fingerprint density at radius 1 is 1.41 bits per heavy atom. The molecule has 0 amide bonds. The fraction of sp³-hybridized carbons (Fsp3) is 0.462. The molecule has 0 aliphatic rings. The molecule has 1 aromatic carbocycles. The maximum atomic E-state index is 4.20. The van der Waals surface area contributed by atoms with Gasteiger partial charge in [0.2, 0.25) is 0 Å². The normalized spacial score (nSPS) is 11.5. The van der Waals surface area contributed by atoms with E-state index >= 15 is 0 Å². The van der Waals surface area contributed by atoms with Crippen LogP contribution < -0.4 is 5.32 Å². The molecule has 0 heterocycles. The fourth-order valence-electron chi connectivity index (χ4n) is 1.61. The van der Waals surface area contributed by atoms with Gasteiger partial charge in [0, 0.05) is 32.6 Å². The molecule has 0 aliphatic heterocycles. The van der Waals surface area contributed by atoms with Crippen molar-refractivity contribution >= 4 is 17.7 Å². The Balaban J connectivity index is 2.75. The number of guanidine groups is 1. The van der Waals surface area contributed by atoms with Gasteiger partial charge in [-0.15, -0.1) is 11.8 Å². The molecule has 0 spiro atoms. The van der Waals surface area contributed by atoms with Gasteiger partial charge >= 0.3 is 0 Å². The van der Waals surface area contributed by atoms with Crippen LogP contribution in [0.3, 0.4) is 0 Å². The Hall–Kier alpha value is -1.16. The molecule has 3 nitrogen and oxygen atoms in total. The van der Waals surface area contributed by atoms with E-state index in [9.17, 15) is 0 Å². The van der Waals surface area contributed by atoms with E-state index < -0.39 is 0 Å². The SMILES string of the molecule is CN=C(NCc1ccc(C)cc1SC)N(C)C. The second-order valence-corrected chi connectivity index (χ2v) is 4.96. The van der Waals surface area contributed by atoms with Gasteiger partial charge < -0.3 is 10.2 Å². The third kappa shape index (κ3) is 3.97. The van der Waals surface area contributed by atoms with Crippen molar-refractivity contribution < 1.29 is 0 Å². The summed E-state index contributed by atoms with van der Waals surface area (Å²) in [5, 5.41) is 3.34. The minimum Gasteiger partial charge on any atom is -0.352 e. The molecular formula is C13H21N3S. The molecule has 0 atom stereocenters. The number of nitrogens with zero attached hydrogens (tertiary/aromatic N) is 2. The van der Waals surface area contributed by atoms with Crippen LogP contribution in [0.5, 0.6) is 0 Å². The topological polar surface area (TPSA) is 27.6 Å². The highest BCUT2D eigenvalue weighted by atomic mass is 32.2. The van der Waals surface area contributed by atoms with Crippen molar-refractivity contribution in [2.45, 2.75) is 18.4 Å². The van der Waals surface area contributed by atoms with Crippen LogP contribution in [0.1, 0.15) is 11.1 Å². The molecule has 4 heteroatoms. The average molecular weight is 251 g/mol. The van der Waals surface area contributed by atoms with Crippen LogP contribution in [-0.4, -0.2) is 38.3 Å². The summed E-state index contributed by atoms with van der Waals surface area (Å²) >= 11 is 1.78. The van der Waals surface area contributed by atoms with E-state index in [1.54, 1.807) is 18.8 Å². The number of aryl methyl sites for hydroxylation is 1. The van der Waals surface area contributed by atoms with Crippen LogP contribution in [0.25, 0.3) is 0 Å². The minimum absolute atomic E-state index is 0.807. The number of thioether (sulfide) groups is 1. The van der Waals surface area contributed by atoms with E-state index in [-0.39, 0.29) is 0 Å². The van der Waals surface area contributed by atoms with Gasteiger partial charge in [-0.2, -0.15) is 0 Å². The van der Waals surface area contributed by atoms with Crippen molar-refractivity contribution in [3.8, 4) is 0 Å². The largest absolute Gasteiger partial charge is 0.352 e. The molecule has 0 saturated heterocycles. The predicted octanol–water partition coefficient (Wildman–Crippen LogP) is 2.35. The van der Waals surface area contributed by atoms with Crippen LogP contribution in [0.15, 0.2) is 28.1 Å². The summed E-state index contributed by atoms with van der Waals surface area (Å²) in [6.45, 7) is 2.93. The van der Waals surface area contributed by atoms with Crippen molar-refractivity contribution in [2.75, 3.05) is 27.4 Å². The summed E-state index contributed by atoms with van der Waals surface area (Å²) in [6, 6.07) is 6.55. The van der Waals surface area contributed by atoms with Gasteiger partial charge in [0.05, 0.1) is 0 Å². The number of rotatable bonds is 3. The van der Waals surface area contributed by atoms with Gasteiger partial charge in [0.15, 0.2) is 5.96 Å². The summed E-state index contributed by atoms with van der Waals surface area (Å²) < 4.78 is 0. The lowest BCUT2D eigenvalue weighted by molar-refractivity contribution is 0.582. The number of benzene rings is 1. The molecule has 94 valence electrons. The summed E-state index contributed by atoms with van der Waals surface area (Å²) in [5.74, 6) is 0.901. The lowest BCUT2D eigenvalue weighted by Gasteiger charge is -2.18. The first-order chi connectivity index (χ1) is 8.08. The molecule has 0 unspecified atom stereocenters. The Morgan fingerprint density at radius 2 is 2.12 bits per heavy atom. The van der Waals surface area contributed by atoms with Crippen LogP contribution in [-0.2, 0) is 6.54 Å². The van der Waals surface area contributed by atoms with Crippen molar-refractivity contribution in [2.24, 2.45) is 4.99 Å². The number of hydrogen-bond acceptors (Lipinski definition) is 2. The summed E-state index contributed by atoms with van der Waals surface area (Å²) in [7, 11) is 5.77. The third-order valence-corrected chi connectivity index (χ3v) is 3.33. The van der Waals surface area contributed by atoms with Crippen LogP contribution in [0.4, 0.5) is 0 Å². The Bertz CT molecular complexity index is 400. The van der Waals surface area contributed by atoms with E-state index in [2.05, 4.69) is 41.7 Å². The summed E-state index contributed by atoms with van der Waals surface area (Å²) in [5.41, 5.74) is 2.61. The van der Waals surface area contributed by atoms with Crippen molar-refractivity contribution in [1.29, 1.82) is 0 Å². The van der Waals surface area contributed by atoms with Crippen molar-refractivity contribution in [1.82, 2.24) is 10.2 Å². The second kappa shape index (κ2) is 6.55. The summed E-state index contributed by atoms with van der Waals surface area (Å²) in [6.07, 6.45) is 2.11. The van der Waals surface area contributed by atoms with E-state index in [4.69, 9.17) is 0 Å². The molecule has 1 rings (SSSR count).